The van der Waals surface area contributed by atoms with Gasteiger partial charge in [0.25, 0.3) is 0 Å². The molecule has 0 saturated heterocycles. The first kappa shape index (κ1) is 12.3. The third-order valence-electron chi connectivity index (χ3n) is 2.43. The van der Waals surface area contributed by atoms with E-state index < -0.39 is 0 Å². The van der Waals surface area contributed by atoms with Crippen LogP contribution in [-0.2, 0) is 6.42 Å². The lowest BCUT2D eigenvalue weighted by molar-refractivity contribution is 0.0992. The summed E-state index contributed by atoms with van der Waals surface area (Å²) >= 11 is 9.26. The van der Waals surface area contributed by atoms with E-state index in [0.29, 0.717) is 17.0 Å². The monoisotopic (exact) mass is 308 g/mol. The van der Waals surface area contributed by atoms with Crippen LogP contribution < -0.4 is 0 Å². The van der Waals surface area contributed by atoms with Gasteiger partial charge in [-0.15, -0.1) is 0 Å². The standard InChI is InChI=1S/C14H10BrClO/c15-13-7-2-1-6-12(13)14(17)9-10-4-3-5-11(16)8-10/h1-8H,9H2. The predicted molar refractivity (Wildman–Crippen MR) is 73.6 cm³/mol. The van der Waals surface area contributed by atoms with Gasteiger partial charge in [-0.3, -0.25) is 4.79 Å². The lowest BCUT2D eigenvalue weighted by Crippen LogP contribution is -2.04. The van der Waals surface area contributed by atoms with Crippen LogP contribution in [0.25, 0.3) is 0 Å². The summed E-state index contributed by atoms with van der Waals surface area (Å²) in [5.74, 6) is 0.0831. The molecule has 0 N–H and O–H groups in total. The molecule has 0 aliphatic heterocycles. The van der Waals surface area contributed by atoms with Crippen molar-refractivity contribution < 1.29 is 4.79 Å². The number of carbonyl (C=O) groups excluding carboxylic acids is 1. The van der Waals surface area contributed by atoms with Crippen molar-refractivity contribution in [2.75, 3.05) is 0 Å². The fourth-order valence-electron chi connectivity index (χ4n) is 1.61. The molecule has 0 amide bonds. The summed E-state index contributed by atoms with van der Waals surface area (Å²) in [7, 11) is 0. The zero-order valence-corrected chi connectivity index (χ0v) is 11.3. The van der Waals surface area contributed by atoms with Crippen LogP contribution >= 0.6 is 27.5 Å². The van der Waals surface area contributed by atoms with Crippen molar-refractivity contribution in [2.24, 2.45) is 0 Å². The molecular weight excluding hydrogens is 300 g/mol. The highest BCUT2D eigenvalue weighted by molar-refractivity contribution is 9.10. The number of carbonyl (C=O) groups is 1. The largest absolute Gasteiger partial charge is 0.294 e. The molecule has 0 atom stereocenters. The van der Waals surface area contributed by atoms with Gasteiger partial charge in [0.15, 0.2) is 5.78 Å². The van der Waals surface area contributed by atoms with Gasteiger partial charge in [0.05, 0.1) is 0 Å². The molecule has 0 aliphatic carbocycles. The van der Waals surface area contributed by atoms with Gasteiger partial charge in [-0.1, -0.05) is 57.9 Å². The van der Waals surface area contributed by atoms with Crippen molar-refractivity contribution in [3.05, 3.63) is 69.2 Å². The summed E-state index contributed by atoms with van der Waals surface area (Å²) in [6.07, 6.45) is 0.364. The molecule has 0 aromatic heterocycles. The van der Waals surface area contributed by atoms with Gasteiger partial charge < -0.3 is 0 Å². The average molecular weight is 310 g/mol. The number of hydrogen-bond acceptors (Lipinski definition) is 1. The smallest absolute Gasteiger partial charge is 0.168 e. The van der Waals surface area contributed by atoms with E-state index >= 15 is 0 Å². The Morgan fingerprint density at radius 1 is 1.12 bits per heavy atom. The Labute approximate surface area is 114 Å². The fourth-order valence-corrected chi connectivity index (χ4v) is 2.33. The van der Waals surface area contributed by atoms with E-state index in [-0.39, 0.29) is 5.78 Å². The Bertz CT molecular complexity index is 551. The number of hydrogen-bond donors (Lipinski definition) is 0. The highest BCUT2D eigenvalue weighted by Gasteiger charge is 2.10. The minimum atomic E-state index is 0.0831. The second-order valence-corrected chi connectivity index (χ2v) is 5.00. The maximum Gasteiger partial charge on any atom is 0.168 e. The molecule has 17 heavy (non-hydrogen) atoms. The Balaban J connectivity index is 2.20. The summed E-state index contributed by atoms with van der Waals surface area (Å²) in [6, 6.07) is 14.8. The third-order valence-corrected chi connectivity index (χ3v) is 3.35. The number of ketones is 1. The summed E-state index contributed by atoms with van der Waals surface area (Å²) in [4.78, 5) is 12.1. The van der Waals surface area contributed by atoms with E-state index in [4.69, 9.17) is 11.6 Å². The van der Waals surface area contributed by atoms with Crippen LogP contribution in [0.4, 0.5) is 0 Å². The maximum atomic E-state index is 12.1. The summed E-state index contributed by atoms with van der Waals surface area (Å²) in [6.45, 7) is 0. The second kappa shape index (κ2) is 5.48. The van der Waals surface area contributed by atoms with Crippen molar-refractivity contribution in [1.29, 1.82) is 0 Å². The van der Waals surface area contributed by atoms with E-state index in [1.807, 2.05) is 42.5 Å². The van der Waals surface area contributed by atoms with E-state index in [0.717, 1.165) is 10.0 Å². The first-order chi connectivity index (χ1) is 8.16. The highest BCUT2D eigenvalue weighted by atomic mass is 79.9. The van der Waals surface area contributed by atoms with E-state index in [1.54, 1.807) is 6.07 Å². The lowest BCUT2D eigenvalue weighted by Gasteiger charge is -2.04. The number of halogens is 2. The highest BCUT2D eigenvalue weighted by Crippen LogP contribution is 2.19. The molecule has 2 aromatic rings. The molecular formula is C14H10BrClO. The molecule has 86 valence electrons. The summed E-state index contributed by atoms with van der Waals surface area (Å²) in [5.41, 5.74) is 1.63. The van der Waals surface area contributed by atoms with E-state index in [2.05, 4.69) is 15.9 Å². The molecule has 2 aromatic carbocycles. The van der Waals surface area contributed by atoms with Crippen LogP contribution in [0.1, 0.15) is 15.9 Å². The zero-order chi connectivity index (χ0) is 12.3. The molecule has 0 unspecified atom stereocenters. The van der Waals surface area contributed by atoms with Crippen molar-refractivity contribution in [3.8, 4) is 0 Å². The Hall–Kier alpha value is -1.12. The molecule has 3 heteroatoms. The van der Waals surface area contributed by atoms with Gasteiger partial charge in [0, 0.05) is 21.5 Å². The third kappa shape index (κ3) is 3.18. The minimum Gasteiger partial charge on any atom is -0.294 e. The summed E-state index contributed by atoms with van der Waals surface area (Å²) < 4.78 is 0.826. The average Bonchev–Trinajstić information content (AvgIpc) is 2.29. The molecule has 0 bridgehead atoms. The van der Waals surface area contributed by atoms with E-state index in [1.165, 1.54) is 0 Å². The molecule has 0 spiro atoms. The number of Topliss-reactive ketones (excluding diaryl/α,β-unsaturated/α-hetero) is 1. The van der Waals surface area contributed by atoms with Crippen LogP contribution in [0, 0.1) is 0 Å². The predicted octanol–water partition coefficient (Wildman–Crippen LogP) is 4.53. The zero-order valence-electron chi connectivity index (χ0n) is 8.99. The van der Waals surface area contributed by atoms with Crippen molar-refractivity contribution in [2.45, 2.75) is 6.42 Å². The summed E-state index contributed by atoms with van der Waals surface area (Å²) in [5, 5.41) is 0.655. The quantitative estimate of drug-likeness (QED) is 0.761. The van der Waals surface area contributed by atoms with Gasteiger partial charge in [0.1, 0.15) is 0 Å². The van der Waals surface area contributed by atoms with Gasteiger partial charge in [0.2, 0.25) is 0 Å². The first-order valence-electron chi connectivity index (χ1n) is 5.19. The number of benzene rings is 2. The van der Waals surface area contributed by atoms with Gasteiger partial charge in [-0.05, 0) is 23.8 Å². The molecule has 2 rings (SSSR count). The second-order valence-electron chi connectivity index (χ2n) is 3.71. The molecule has 0 fully saturated rings. The first-order valence-corrected chi connectivity index (χ1v) is 6.36. The maximum absolute atomic E-state index is 12.1. The van der Waals surface area contributed by atoms with Crippen molar-refractivity contribution >= 4 is 33.3 Å². The molecule has 0 heterocycles. The van der Waals surface area contributed by atoms with Crippen LogP contribution in [0.5, 0.6) is 0 Å². The lowest BCUT2D eigenvalue weighted by atomic mass is 10.0. The van der Waals surface area contributed by atoms with Crippen LogP contribution in [0.2, 0.25) is 5.02 Å². The molecule has 1 nitrogen and oxygen atoms in total. The Kier molecular flexibility index (Phi) is 3.97. The Morgan fingerprint density at radius 2 is 1.88 bits per heavy atom. The van der Waals surface area contributed by atoms with Gasteiger partial charge in [-0.2, -0.15) is 0 Å². The normalized spacial score (nSPS) is 10.2. The van der Waals surface area contributed by atoms with Crippen LogP contribution in [0.3, 0.4) is 0 Å². The fraction of sp³-hybridized carbons (Fsp3) is 0.0714. The molecule has 0 radical (unpaired) electrons. The van der Waals surface area contributed by atoms with Crippen molar-refractivity contribution in [3.63, 3.8) is 0 Å². The number of rotatable bonds is 3. The molecule has 0 saturated carbocycles. The van der Waals surface area contributed by atoms with E-state index in [9.17, 15) is 4.79 Å². The van der Waals surface area contributed by atoms with Crippen molar-refractivity contribution in [1.82, 2.24) is 0 Å². The van der Waals surface area contributed by atoms with Gasteiger partial charge in [-0.25, -0.2) is 0 Å². The van der Waals surface area contributed by atoms with Crippen LogP contribution in [-0.4, -0.2) is 5.78 Å². The molecule has 0 aliphatic rings. The Morgan fingerprint density at radius 3 is 2.59 bits per heavy atom. The van der Waals surface area contributed by atoms with Gasteiger partial charge >= 0.3 is 0 Å². The SMILES string of the molecule is O=C(Cc1cccc(Cl)c1)c1ccccc1Br. The minimum absolute atomic E-state index is 0.0831. The topological polar surface area (TPSA) is 17.1 Å². The van der Waals surface area contributed by atoms with Crippen LogP contribution in [0.15, 0.2) is 53.0 Å².